The lowest BCUT2D eigenvalue weighted by molar-refractivity contribution is 0.247. The Balaban J connectivity index is 1.89. The Morgan fingerprint density at radius 2 is 2.00 bits per heavy atom. The summed E-state index contributed by atoms with van der Waals surface area (Å²) >= 11 is 0. The van der Waals surface area contributed by atoms with Gasteiger partial charge in [-0.05, 0) is 57.5 Å². The van der Waals surface area contributed by atoms with Crippen LogP contribution < -0.4 is 10.1 Å². The molecule has 2 unspecified atom stereocenters. The highest BCUT2D eigenvalue weighted by atomic mass is 19.1. The Morgan fingerprint density at radius 1 is 1.30 bits per heavy atom. The molecule has 2 rings (SSSR count). The molecule has 1 saturated heterocycles. The minimum atomic E-state index is -0.311. The Hall–Kier alpha value is -1.13. The zero-order valence-electron chi connectivity index (χ0n) is 12.7. The molecule has 0 spiro atoms. The van der Waals surface area contributed by atoms with Crippen molar-refractivity contribution < 1.29 is 9.13 Å². The molecule has 1 aromatic rings. The van der Waals surface area contributed by atoms with E-state index in [0.717, 1.165) is 12.1 Å². The van der Waals surface area contributed by atoms with Crippen molar-refractivity contribution in [2.45, 2.75) is 38.8 Å². The predicted molar refractivity (Wildman–Crippen MR) is 79.6 cm³/mol. The molecular weight excluding hydrogens is 255 g/mol. The number of nitrogens with one attached hydrogen (secondary N) is 1. The van der Waals surface area contributed by atoms with Crippen LogP contribution in [0.4, 0.5) is 4.39 Å². The lowest BCUT2D eigenvalue weighted by atomic mass is 10.1. The maximum atomic E-state index is 13.4. The van der Waals surface area contributed by atoms with E-state index < -0.39 is 0 Å². The lowest BCUT2D eigenvalue weighted by Gasteiger charge is -2.26. The van der Waals surface area contributed by atoms with Crippen molar-refractivity contribution in [1.82, 2.24) is 10.2 Å². The van der Waals surface area contributed by atoms with Crippen LogP contribution >= 0.6 is 0 Å². The first kappa shape index (κ1) is 15.3. The summed E-state index contributed by atoms with van der Waals surface area (Å²) < 4.78 is 18.4. The molecule has 0 radical (unpaired) electrons. The minimum absolute atomic E-state index is 0.189. The summed E-state index contributed by atoms with van der Waals surface area (Å²) in [6, 6.07) is 5.79. The zero-order valence-corrected chi connectivity index (χ0v) is 12.7. The number of hydrogen-bond donors (Lipinski definition) is 1. The van der Waals surface area contributed by atoms with Crippen molar-refractivity contribution in [3.63, 3.8) is 0 Å². The summed E-state index contributed by atoms with van der Waals surface area (Å²) in [5.41, 5.74) is 1.05. The number of hydrogen-bond acceptors (Lipinski definition) is 3. The zero-order chi connectivity index (χ0) is 14.5. The highest BCUT2D eigenvalue weighted by molar-refractivity contribution is 5.31. The number of methoxy groups -OCH3 is 1. The van der Waals surface area contributed by atoms with E-state index in [1.54, 1.807) is 6.07 Å². The summed E-state index contributed by atoms with van der Waals surface area (Å²) in [6.07, 6.45) is 2.63. The Kier molecular flexibility index (Phi) is 5.38. The van der Waals surface area contributed by atoms with Crippen LogP contribution in [0.25, 0.3) is 0 Å². The Morgan fingerprint density at radius 3 is 2.65 bits per heavy atom. The van der Waals surface area contributed by atoms with Crippen molar-refractivity contribution in [3.8, 4) is 5.75 Å². The molecule has 20 heavy (non-hydrogen) atoms. The van der Waals surface area contributed by atoms with E-state index in [0.29, 0.717) is 11.8 Å². The fraction of sp³-hybridized carbons (Fsp3) is 0.625. The van der Waals surface area contributed by atoms with Gasteiger partial charge in [-0.3, -0.25) is 4.90 Å². The van der Waals surface area contributed by atoms with Gasteiger partial charge in [-0.1, -0.05) is 6.07 Å². The molecule has 0 amide bonds. The molecule has 0 aliphatic carbocycles. The van der Waals surface area contributed by atoms with E-state index in [4.69, 9.17) is 4.74 Å². The third kappa shape index (κ3) is 3.70. The van der Waals surface area contributed by atoms with Crippen LogP contribution in [0.15, 0.2) is 18.2 Å². The maximum absolute atomic E-state index is 13.4. The fourth-order valence-corrected chi connectivity index (χ4v) is 2.72. The number of likely N-dealkylation sites (tertiary alicyclic amines) is 1. The SMILES string of the molecule is COc1cc(C(C)NCC(C)N2CCCC2)ccc1F. The number of ether oxygens (including phenoxy) is 1. The molecule has 1 heterocycles. The molecule has 0 aromatic heterocycles. The summed E-state index contributed by atoms with van der Waals surface area (Å²) in [4.78, 5) is 2.52. The van der Waals surface area contributed by atoms with E-state index in [-0.39, 0.29) is 11.9 Å². The van der Waals surface area contributed by atoms with Crippen LogP contribution in [0, 0.1) is 5.82 Å². The molecule has 0 bridgehead atoms. The molecule has 1 aliphatic heterocycles. The molecule has 112 valence electrons. The highest BCUT2D eigenvalue weighted by Crippen LogP contribution is 2.22. The summed E-state index contributed by atoms with van der Waals surface area (Å²) in [7, 11) is 1.50. The molecule has 4 heteroatoms. The van der Waals surface area contributed by atoms with E-state index in [1.165, 1.54) is 39.1 Å². The highest BCUT2D eigenvalue weighted by Gasteiger charge is 2.18. The molecule has 1 aromatic carbocycles. The second-order valence-corrected chi connectivity index (χ2v) is 5.62. The van der Waals surface area contributed by atoms with E-state index in [1.807, 2.05) is 6.07 Å². The number of nitrogens with zero attached hydrogens (tertiary/aromatic N) is 1. The van der Waals surface area contributed by atoms with Gasteiger partial charge in [0.2, 0.25) is 0 Å². The molecule has 1 aliphatic rings. The van der Waals surface area contributed by atoms with E-state index >= 15 is 0 Å². The molecule has 0 saturated carbocycles. The van der Waals surface area contributed by atoms with Crippen LogP contribution in [-0.4, -0.2) is 37.7 Å². The van der Waals surface area contributed by atoms with Gasteiger partial charge < -0.3 is 10.1 Å². The number of halogens is 1. The van der Waals surface area contributed by atoms with Crippen molar-refractivity contribution >= 4 is 0 Å². The normalized spacial score (nSPS) is 19.0. The quantitative estimate of drug-likeness (QED) is 0.867. The minimum Gasteiger partial charge on any atom is -0.494 e. The molecular formula is C16H25FN2O. The first-order valence-corrected chi connectivity index (χ1v) is 7.42. The topological polar surface area (TPSA) is 24.5 Å². The third-order valence-corrected chi connectivity index (χ3v) is 4.16. The largest absolute Gasteiger partial charge is 0.494 e. The van der Waals surface area contributed by atoms with Gasteiger partial charge in [-0.25, -0.2) is 4.39 Å². The first-order valence-electron chi connectivity index (χ1n) is 7.42. The fourth-order valence-electron chi connectivity index (χ4n) is 2.72. The first-order chi connectivity index (χ1) is 9.61. The monoisotopic (exact) mass is 280 g/mol. The van der Waals surface area contributed by atoms with Gasteiger partial charge in [-0.2, -0.15) is 0 Å². The second-order valence-electron chi connectivity index (χ2n) is 5.62. The predicted octanol–water partition coefficient (Wildman–Crippen LogP) is 2.97. The van der Waals surface area contributed by atoms with Gasteiger partial charge in [-0.15, -0.1) is 0 Å². The van der Waals surface area contributed by atoms with Crippen LogP contribution in [-0.2, 0) is 0 Å². The lowest BCUT2D eigenvalue weighted by Crippen LogP contribution is -2.39. The van der Waals surface area contributed by atoms with E-state index in [2.05, 4.69) is 24.1 Å². The Labute approximate surface area is 121 Å². The third-order valence-electron chi connectivity index (χ3n) is 4.16. The Bertz CT molecular complexity index is 432. The molecule has 1 N–H and O–H groups in total. The number of benzene rings is 1. The molecule has 2 atom stereocenters. The van der Waals surface area contributed by atoms with Gasteiger partial charge >= 0.3 is 0 Å². The summed E-state index contributed by atoms with van der Waals surface area (Å²) in [5, 5.41) is 3.53. The van der Waals surface area contributed by atoms with Crippen molar-refractivity contribution in [1.29, 1.82) is 0 Å². The maximum Gasteiger partial charge on any atom is 0.165 e. The van der Waals surface area contributed by atoms with Crippen LogP contribution in [0.3, 0.4) is 0 Å². The van der Waals surface area contributed by atoms with Crippen molar-refractivity contribution in [2.75, 3.05) is 26.7 Å². The van der Waals surface area contributed by atoms with Crippen LogP contribution in [0.5, 0.6) is 5.75 Å². The van der Waals surface area contributed by atoms with Gasteiger partial charge in [0.1, 0.15) is 0 Å². The van der Waals surface area contributed by atoms with Gasteiger partial charge in [0.05, 0.1) is 7.11 Å². The number of rotatable bonds is 6. The average Bonchev–Trinajstić information content (AvgIpc) is 2.99. The second kappa shape index (κ2) is 7.04. The van der Waals surface area contributed by atoms with Gasteiger partial charge in [0, 0.05) is 18.6 Å². The average molecular weight is 280 g/mol. The standard InChI is InChI=1S/C16H25FN2O/c1-12(19-8-4-5-9-19)11-18-13(2)14-6-7-15(17)16(10-14)20-3/h6-7,10,12-13,18H,4-5,8-9,11H2,1-3H3. The van der Waals surface area contributed by atoms with Gasteiger partial charge in [0.25, 0.3) is 0 Å². The molecule has 3 nitrogen and oxygen atoms in total. The summed E-state index contributed by atoms with van der Waals surface area (Å²) in [5.74, 6) is -0.00220. The van der Waals surface area contributed by atoms with Crippen LogP contribution in [0.1, 0.15) is 38.3 Å². The van der Waals surface area contributed by atoms with Crippen molar-refractivity contribution in [3.05, 3.63) is 29.6 Å². The van der Waals surface area contributed by atoms with E-state index in [9.17, 15) is 4.39 Å². The molecule has 1 fully saturated rings. The smallest absolute Gasteiger partial charge is 0.165 e. The van der Waals surface area contributed by atoms with Crippen LogP contribution in [0.2, 0.25) is 0 Å². The van der Waals surface area contributed by atoms with Gasteiger partial charge in [0.15, 0.2) is 11.6 Å². The van der Waals surface area contributed by atoms with Crippen molar-refractivity contribution in [2.24, 2.45) is 0 Å². The summed E-state index contributed by atoms with van der Waals surface area (Å²) in [6.45, 7) is 7.73.